The summed E-state index contributed by atoms with van der Waals surface area (Å²) in [6, 6.07) is 4.21. The first kappa shape index (κ1) is 21.8. The van der Waals surface area contributed by atoms with Gasteiger partial charge < -0.3 is 0 Å². The van der Waals surface area contributed by atoms with Crippen LogP contribution in [-0.4, -0.2) is 11.5 Å². The van der Waals surface area contributed by atoms with E-state index in [9.17, 15) is 4.39 Å². The SMILES string of the molecule is C=C(C)N=C(N=C(C)C)c1cc(F)cc(Cl)c1.CC.CC. The molecule has 1 aromatic carbocycles. The van der Waals surface area contributed by atoms with Crippen LogP contribution in [-0.2, 0) is 0 Å². The van der Waals surface area contributed by atoms with Crippen molar-refractivity contribution >= 4 is 23.1 Å². The lowest BCUT2D eigenvalue weighted by atomic mass is 10.2. The lowest BCUT2D eigenvalue weighted by molar-refractivity contribution is 0.627. The van der Waals surface area contributed by atoms with Gasteiger partial charge in [-0.05, 0) is 39.0 Å². The molecule has 0 amide bonds. The second-order valence-corrected chi connectivity index (χ2v) is 4.32. The van der Waals surface area contributed by atoms with Gasteiger partial charge in [0, 0.05) is 22.0 Å². The molecule has 0 aromatic heterocycles. The Balaban J connectivity index is 0. The summed E-state index contributed by atoms with van der Waals surface area (Å²) < 4.78 is 13.3. The second-order valence-electron chi connectivity index (χ2n) is 3.89. The number of halogens is 2. The van der Waals surface area contributed by atoms with E-state index in [0.29, 0.717) is 22.1 Å². The molecule has 1 aromatic rings. The van der Waals surface area contributed by atoms with E-state index in [4.69, 9.17) is 11.6 Å². The van der Waals surface area contributed by atoms with Gasteiger partial charge in [0.1, 0.15) is 5.82 Å². The topological polar surface area (TPSA) is 24.7 Å². The summed E-state index contributed by atoms with van der Waals surface area (Å²) in [4.78, 5) is 8.43. The second kappa shape index (κ2) is 12.3. The first-order valence-electron chi connectivity index (χ1n) is 7.11. The molecule has 4 heteroatoms. The van der Waals surface area contributed by atoms with Crippen molar-refractivity contribution in [3.63, 3.8) is 0 Å². The van der Waals surface area contributed by atoms with E-state index < -0.39 is 5.82 Å². The number of hydrogen-bond acceptors (Lipinski definition) is 1. The molecule has 0 aliphatic heterocycles. The van der Waals surface area contributed by atoms with Crippen LogP contribution in [0.25, 0.3) is 0 Å². The Morgan fingerprint density at radius 2 is 1.52 bits per heavy atom. The van der Waals surface area contributed by atoms with E-state index in [1.807, 2.05) is 41.5 Å². The summed E-state index contributed by atoms with van der Waals surface area (Å²) in [5.74, 6) is 0.00442. The van der Waals surface area contributed by atoms with E-state index in [2.05, 4.69) is 16.6 Å². The molecule has 0 spiro atoms. The number of aliphatic imine (C=N–C) groups is 2. The molecule has 0 fully saturated rings. The van der Waals surface area contributed by atoms with Crippen LogP contribution in [0.4, 0.5) is 4.39 Å². The first-order valence-corrected chi connectivity index (χ1v) is 7.49. The molecule has 118 valence electrons. The highest BCUT2D eigenvalue weighted by Crippen LogP contribution is 2.16. The Hall–Kier alpha value is -1.48. The van der Waals surface area contributed by atoms with Crippen molar-refractivity contribution in [1.29, 1.82) is 0 Å². The molecule has 0 unspecified atom stereocenters. The molecule has 0 aliphatic carbocycles. The summed E-state index contributed by atoms with van der Waals surface area (Å²) >= 11 is 5.80. The maximum absolute atomic E-state index is 13.3. The zero-order valence-electron chi connectivity index (χ0n) is 14.1. The molecule has 1 rings (SSSR count). The maximum atomic E-state index is 13.3. The van der Waals surface area contributed by atoms with Crippen LogP contribution in [0.2, 0.25) is 5.02 Å². The van der Waals surface area contributed by atoms with E-state index >= 15 is 0 Å². The summed E-state index contributed by atoms with van der Waals surface area (Å²) in [6.07, 6.45) is 0. The van der Waals surface area contributed by atoms with Gasteiger partial charge in [-0.3, -0.25) is 0 Å². The van der Waals surface area contributed by atoms with Crippen LogP contribution in [0, 0.1) is 5.82 Å². The van der Waals surface area contributed by atoms with Gasteiger partial charge in [0.2, 0.25) is 0 Å². The third-order valence-electron chi connectivity index (χ3n) is 1.75. The zero-order valence-corrected chi connectivity index (χ0v) is 14.8. The number of allylic oxidation sites excluding steroid dienone is 1. The minimum Gasteiger partial charge on any atom is -0.238 e. The lowest BCUT2D eigenvalue weighted by Crippen LogP contribution is -2.01. The molecular weight excluding hydrogens is 287 g/mol. The number of hydrogen-bond donors (Lipinski definition) is 0. The number of nitrogens with zero attached hydrogens (tertiary/aromatic N) is 2. The number of rotatable bonds is 2. The Morgan fingerprint density at radius 1 is 1.00 bits per heavy atom. The fraction of sp³-hybridized carbons (Fsp3) is 0.412. The summed E-state index contributed by atoms with van der Waals surface area (Å²) in [6.45, 7) is 17.1. The van der Waals surface area contributed by atoms with E-state index in [1.165, 1.54) is 12.1 Å². The molecular formula is C17H26ClFN2. The van der Waals surface area contributed by atoms with Gasteiger partial charge in [-0.2, -0.15) is 0 Å². The van der Waals surface area contributed by atoms with Crippen LogP contribution in [0.15, 0.2) is 40.5 Å². The summed E-state index contributed by atoms with van der Waals surface area (Å²) in [7, 11) is 0. The molecule has 0 saturated carbocycles. The highest BCUT2D eigenvalue weighted by atomic mass is 35.5. The highest BCUT2D eigenvalue weighted by molar-refractivity contribution is 6.31. The summed E-state index contributed by atoms with van der Waals surface area (Å²) in [5, 5.41) is 0.318. The molecule has 0 N–H and O–H groups in total. The van der Waals surface area contributed by atoms with E-state index in [-0.39, 0.29) is 0 Å². The molecule has 0 atom stereocenters. The highest BCUT2D eigenvalue weighted by Gasteiger charge is 2.06. The van der Waals surface area contributed by atoms with Gasteiger partial charge in [-0.25, -0.2) is 14.4 Å². The van der Waals surface area contributed by atoms with E-state index in [0.717, 1.165) is 5.71 Å². The van der Waals surface area contributed by atoms with Crippen molar-refractivity contribution in [3.05, 3.63) is 46.9 Å². The molecule has 0 saturated heterocycles. The molecule has 21 heavy (non-hydrogen) atoms. The van der Waals surface area contributed by atoms with Crippen LogP contribution < -0.4 is 0 Å². The van der Waals surface area contributed by atoms with Crippen molar-refractivity contribution in [2.75, 3.05) is 0 Å². The quantitative estimate of drug-likeness (QED) is 0.452. The third kappa shape index (κ3) is 9.97. The van der Waals surface area contributed by atoms with Crippen molar-refractivity contribution < 1.29 is 4.39 Å². The fourth-order valence-electron chi connectivity index (χ4n) is 1.23. The Labute approximate surface area is 133 Å². The van der Waals surface area contributed by atoms with Gasteiger partial charge >= 0.3 is 0 Å². The normalized spacial score (nSPS) is 9.67. The van der Waals surface area contributed by atoms with Gasteiger partial charge in [0.05, 0.1) is 0 Å². The van der Waals surface area contributed by atoms with E-state index in [1.54, 1.807) is 13.0 Å². The smallest absolute Gasteiger partial charge is 0.159 e. The fourth-order valence-corrected chi connectivity index (χ4v) is 1.45. The van der Waals surface area contributed by atoms with Crippen molar-refractivity contribution in [1.82, 2.24) is 0 Å². The lowest BCUT2D eigenvalue weighted by Gasteiger charge is -2.04. The monoisotopic (exact) mass is 312 g/mol. The molecule has 2 nitrogen and oxygen atoms in total. The van der Waals surface area contributed by atoms with Crippen molar-refractivity contribution in [2.24, 2.45) is 9.98 Å². The molecule has 0 bridgehead atoms. The predicted molar refractivity (Wildman–Crippen MR) is 94.2 cm³/mol. The zero-order chi connectivity index (χ0) is 17.0. The molecule has 0 heterocycles. The Bertz CT molecular complexity index is 481. The first-order chi connectivity index (χ1) is 9.88. The number of amidine groups is 1. The van der Waals surface area contributed by atoms with Crippen LogP contribution in [0.1, 0.15) is 54.0 Å². The van der Waals surface area contributed by atoms with Gasteiger partial charge in [-0.1, -0.05) is 45.9 Å². The van der Waals surface area contributed by atoms with Gasteiger partial charge in [0.15, 0.2) is 5.84 Å². The van der Waals surface area contributed by atoms with Gasteiger partial charge in [-0.15, -0.1) is 0 Å². The maximum Gasteiger partial charge on any atom is 0.159 e. The largest absolute Gasteiger partial charge is 0.238 e. The minimum atomic E-state index is -0.411. The predicted octanol–water partition coefficient (Wildman–Crippen LogP) is 6.29. The van der Waals surface area contributed by atoms with Crippen LogP contribution in [0.5, 0.6) is 0 Å². The Kier molecular flexibility index (Phi) is 12.7. The average Bonchev–Trinajstić information content (AvgIpc) is 2.40. The third-order valence-corrected chi connectivity index (χ3v) is 1.97. The molecule has 0 radical (unpaired) electrons. The standard InChI is InChI=1S/C13H14ClFN2.2C2H6/c1-8(2)16-13(17-9(3)4)10-5-11(14)7-12(15)6-10;2*1-2/h5-7H,1H2,2-4H3;2*1-2H3. The van der Waals surface area contributed by atoms with Gasteiger partial charge in [0.25, 0.3) is 0 Å². The van der Waals surface area contributed by atoms with Crippen molar-refractivity contribution in [3.8, 4) is 0 Å². The Morgan fingerprint density at radius 3 is 1.90 bits per heavy atom. The van der Waals surface area contributed by atoms with Crippen LogP contribution in [0.3, 0.4) is 0 Å². The average molecular weight is 313 g/mol. The summed E-state index contributed by atoms with van der Waals surface area (Å²) in [5.41, 5.74) is 1.97. The van der Waals surface area contributed by atoms with Crippen LogP contribution >= 0.6 is 11.6 Å². The minimum absolute atomic E-state index is 0.318. The van der Waals surface area contributed by atoms with Crippen molar-refractivity contribution in [2.45, 2.75) is 48.5 Å². The number of benzene rings is 1. The molecule has 0 aliphatic rings.